The van der Waals surface area contributed by atoms with Gasteiger partial charge in [-0.15, -0.1) is 0 Å². The van der Waals surface area contributed by atoms with Gasteiger partial charge >= 0.3 is 0 Å². The minimum absolute atomic E-state index is 0.00277. The normalized spacial score (nSPS) is 17.8. The van der Waals surface area contributed by atoms with Crippen LogP contribution in [0, 0.1) is 0 Å². The Balaban J connectivity index is 1.56. The summed E-state index contributed by atoms with van der Waals surface area (Å²) in [7, 11) is -1.60. The molecule has 154 valence electrons. The molecule has 1 heterocycles. The maximum atomic E-state index is 13.2. The Morgan fingerprint density at radius 3 is 2.59 bits per heavy atom. The van der Waals surface area contributed by atoms with Crippen molar-refractivity contribution >= 4 is 21.6 Å². The van der Waals surface area contributed by atoms with Gasteiger partial charge in [0, 0.05) is 44.0 Å². The van der Waals surface area contributed by atoms with Crippen LogP contribution in [0.4, 0.5) is 5.69 Å². The number of nitrogens with one attached hydrogen (secondary N) is 1. The fourth-order valence-corrected chi connectivity index (χ4v) is 5.53. The Bertz CT molecular complexity index is 1000. The van der Waals surface area contributed by atoms with E-state index in [9.17, 15) is 13.2 Å². The first-order valence-corrected chi connectivity index (χ1v) is 11.6. The summed E-state index contributed by atoms with van der Waals surface area (Å²) in [5.41, 5.74) is 2.62. The number of carbonyl (C=O) groups is 1. The highest BCUT2D eigenvalue weighted by Gasteiger charge is 2.26. The van der Waals surface area contributed by atoms with Gasteiger partial charge in [-0.25, -0.2) is 13.1 Å². The zero-order chi connectivity index (χ0) is 20.4. The van der Waals surface area contributed by atoms with Gasteiger partial charge in [0.05, 0.1) is 4.90 Å². The van der Waals surface area contributed by atoms with E-state index in [1.54, 1.807) is 23.1 Å². The number of fused-ring (bicyclic) bond motifs is 1. The van der Waals surface area contributed by atoms with Crippen molar-refractivity contribution in [2.75, 3.05) is 25.0 Å². The topological polar surface area (TPSA) is 69.7 Å². The molecular formula is C22H27N3O3S. The summed E-state index contributed by atoms with van der Waals surface area (Å²) < 4.78 is 28.3. The SMILES string of the molecule is CN1CCN(C(=O)c2cccc(S(=O)(=O)NC3CCCC3)c2)Cc2ccccc21. The van der Waals surface area contributed by atoms with Crippen LogP contribution in [-0.4, -0.2) is 45.4 Å². The number of anilines is 1. The Labute approximate surface area is 172 Å². The molecule has 0 radical (unpaired) electrons. The molecule has 0 unspecified atom stereocenters. The summed E-state index contributed by atoms with van der Waals surface area (Å²) in [6.07, 6.45) is 3.85. The van der Waals surface area contributed by atoms with Gasteiger partial charge in [-0.3, -0.25) is 4.79 Å². The second kappa shape index (κ2) is 8.16. The van der Waals surface area contributed by atoms with Crippen molar-refractivity contribution in [1.29, 1.82) is 0 Å². The molecule has 0 bridgehead atoms. The molecule has 2 aromatic rings. The van der Waals surface area contributed by atoms with Crippen molar-refractivity contribution in [3.63, 3.8) is 0 Å². The van der Waals surface area contributed by atoms with Gasteiger partial charge in [-0.05, 0) is 42.7 Å². The van der Waals surface area contributed by atoms with E-state index in [0.717, 1.165) is 43.5 Å². The van der Waals surface area contributed by atoms with Crippen LogP contribution >= 0.6 is 0 Å². The summed E-state index contributed by atoms with van der Waals surface area (Å²) in [5, 5.41) is 0. The van der Waals surface area contributed by atoms with Gasteiger partial charge in [-0.1, -0.05) is 37.1 Å². The molecule has 0 aromatic heterocycles. The van der Waals surface area contributed by atoms with Gasteiger partial charge in [0.2, 0.25) is 10.0 Å². The molecule has 1 saturated carbocycles. The molecule has 1 N–H and O–H groups in total. The third-order valence-corrected chi connectivity index (χ3v) is 7.34. The molecular weight excluding hydrogens is 386 g/mol. The Hall–Kier alpha value is -2.38. The molecule has 6 nitrogen and oxygen atoms in total. The smallest absolute Gasteiger partial charge is 0.254 e. The lowest BCUT2D eigenvalue weighted by molar-refractivity contribution is 0.0751. The zero-order valence-corrected chi connectivity index (χ0v) is 17.5. The molecule has 4 rings (SSSR count). The second-order valence-corrected chi connectivity index (χ2v) is 9.62. The number of hydrogen-bond donors (Lipinski definition) is 1. The summed E-state index contributed by atoms with van der Waals surface area (Å²) in [6.45, 7) is 1.82. The van der Waals surface area contributed by atoms with Gasteiger partial charge in [-0.2, -0.15) is 0 Å². The average Bonchev–Trinajstić information content (AvgIpc) is 3.16. The maximum absolute atomic E-state index is 13.2. The maximum Gasteiger partial charge on any atom is 0.254 e. The molecule has 1 aliphatic heterocycles. The van der Waals surface area contributed by atoms with E-state index in [0.29, 0.717) is 18.7 Å². The summed E-state index contributed by atoms with van der Waals surface area (Å²) in [6, 6.07) is 14.5. The van der Waals surface area contributed by atoms with Crippen LogP contribution in [0.5, 0.6) is 0 Å². The highest BCUT2D eigenvalue weighted by atomic mass is 32.2. The molecule has 7 heteroatoms. The van der Waals surface area contributed by atoms with Crippen LogP contribution < -0.4 is 9.62 Å². The summed E-state index contributed by atoms with van der Waals surface area (Å²) in [4.78, 5) is 17.3. The van der Waals surface area contributed by atoms with Crippen LogP contribution in [-0.2, 0) is 16.6 Å². The van der Waals surface area contributed by atoms with Gasteiger partial charge in [0.25, 0.3) is 5.91 Å². The Morgan fingerprint density at radius 2 is 1.79 bits per heavy atom. The van der Waals surface area contributed by atoms with Crippen LogP contribution in [0.3, 0.4) is 0 Å². The number of rotatable bonds is 4. The fraction of sp³-hybridized carbons (Fsp3) is 0.409. The van der Waals surface area contributed by atoms with Crippen molar-refractivity contribution < 1.29 is 13.2 Å². The van der Waals surface area contributed by atoms with E-state index < -0.39 is 10.0 Å². The van der Waals surface area contributed by atoms with Gasteiger partial charge < -0.3 is 9.80 Å². The summed E-state index contributed by atoms with van der Waals surface area (Å²) in [5.74, 6) is -0.145. The number of sulfonamides is 1. The number of benzene rings is 2. The third-order valence-electron chi connectivity index (χ3n) is 5.82. The molecule has 0 atom stereocenters. The number of likely N-dealkylation sites (N-methyl/N-ethyl adjacent to an activating group) is 1. The van der Waals surface area contributed by atoms with E-state index in [2.05, 4.69) is 15.7 Å². The lowest BCUT2D eigenvalue weighted by Crippen LogP contribution is -2.35. The zero-order valence-electron chi connectivity index (χ0n) is 16.7. The largest absolute Gasteiger partial charge is 0.373 e. The van der Waals surface area contributed by atoms with Crippen molar-refractivity contribution in [3.05, 3.63) is 59.7 Å². The lowest BCUT2D eigenvalue weighted by atomic mass is 10.1. The number of hydrogen-bond acceptors (Lipinski definition) is 4. The van der Waals surface area contributed by atoms with Crippen molar-refractivity contribution in [2.24, 2.45) is 0 Å². The number of amides is 1. The number of para-hydroxylation sites is 1. The second-order valence-electron chi connectivity index (χ2n) is 7.91. The first-order valence-electron chi connectivity index (χ1n) is 10.1. The van der Waals surface area contributed by atoms with Crippen molar-refractivity contribution in [3.8, 4) is 0 Å². The molecule has 1 amide bonds. The first-order chi connectivity index (χ1) is 13.9. The number of nitrogens with zero attached hydrogens (tertiary/aromatic N) is 2. The number of carbonyl (C=O) groups excluding carboxylic acids is 1. The highest BCUT2D eigenvalue weighted by molar-refractivity contribution is 7.89. The minimum Gasteiger partial charge on any atom is -0.373 e. The minimum atomic E-state index is -3.62. The third kappa shape index (κ3) is 4.31. The fourth-order valence-electron chi connectivity index (χ4n) is 4.18. The average molecular weight is 414 g/mol. The van der Waals surface area contributed by atoms with E-state index in [-0.39, 0.29) is 16.8 Å². The van der Waals surface area contributed by atoms with Crippen LogP contribution in [0.1, 0.15) is 41.6 Å². The highest BCUT2D eigenvalue weighted by Crippen LogP contribution is 2.25. The molecule has 0 spiro atoms. The predicted octanol–water partition coefficient (Wildman–Crippen LogP) is 3.00. The Kier molecular flexibility index (Phi) is 5.61. The van der Waals surface area contributed by atoms with Crippen molar-refractivity contribution in [1.82, 2.24) is 9.62 Å². The van der Waals surface area contributed by atoms with E-state index >= 15 is 0 Å². The molecule has 29 heavy (non-hydrogen) atoms. The molecule has 1 fully saturated rings. The van der Waals surface area contributed by atoms with E-state index in [4.69, 9.17) is 0 Å². The lowest BCUT2D eigenvalue weighted by Gasteiger charge is -2.21. The summed E-state index contributed by atoms with van der Waals surface area (Å²) >= 11 is 0. The quantitative estimate of drug-likeness (QED) is 0.837. The monoisotopic (exact) mass is 413 g/mol. The molecule has 2 aromatic carbocycles. The molecule has 1 aliphatic carbocycles. The van der Waals surface area contributed by atoms with Crippen LogP contribution in [0.2, 0.25) is 0 Å². The molecule has 2 aliphatic rings. The van der Waals surface area contributed by atoms with Gasteiger partial charge in [0.1, 0.15) is 0 Å². The Morgan fingerprint density at radius 1 is 1.03 bits per heavy atom. The predicted molar refractivity (Wildman–Crippen MR) is 113 cm³/mol. The van der Waals surface area contributed by atoms with E-state index in [1.165, 1.54) is 6.07 Å². The first kappa shape index (κ1) is 19.9. The molecule has 0 saturated heterocycles. The van der Waals surface area contributed by atoms with Crippen LogP contribution in [0.25, 0.3) is 0 Å². The van der Waals surface area contributed by atoms with E-state index in [1.807, 2.05) is 25.2 Å². The van der Waals surface area contributed by atoms with Crippen LogP contribution in [0.15, 0.2) is 53.4 Å². The standard InChI is InChI=1S/C22H27N3O3S/c1-24-13-14-25(16-18-7-2-5-12-21(18)24)22(26)17-8-6-11-20(15-17)29(27,28)23-19-9-3-4-10-19/h2,5-8,11-12,15,19,23H,3-4,9-10,13-14,16H2,1H3. The van der Waals surface area contributed by atoms with Gasteiger partial charge in [0.15, 0.2) is 0 Å². The van der Waals surface area contributed by atoms with Crippen molar-refractivity contribution in [2.45, 2.75) is 43.2 Å².